The summed E-state index contributed by atoms with van der Waals surface area (Å²) in [5, 5.41) is 9.44. The Balaban J connectivity index is 0.00000338. The van der Waals surface area contributed by atoms with Crippen molar-refractivity contribution in [3.05, 3.63) is 29.8 Å². The van der Waals surface area contributed by atoms with Gasteiger partial charge in [0.2, 0.25) is 0 Å². The summed E-state index contributed by atoms with van der Waals surface area (Å²) in [5.41, 5.74) is 1.19. The maximum atomic E-state index is 11.6. The van der Waals surface area contributed by atoms with Crippen molar-refractivity contribution >= 4 is 35.8 Å². The van der Waals surface area contributed by atoms with E-state index in [1.54, 1.807) is 0 Å². The maximum Gasteiger partial charge on any atom is 0.258 e. The molecule has 1 amide bonds. The van der Waals surface area contributed by atoms with Crippen LogP contribution in [0.1, 0.15) is 39.2 Å². The van der Waals surface area contributed by atoms with Crippen molar-refractivity contribution in [2.45, 2.75) is 52.1 Å². The molecule has 0 bridgehead atoms. The molecule has 2 rings (SSSR count). The van der Waals surface area contributed by atoms with E-state index in [1.807, 2.05) is 24.3 Å². The third kappa shape index (κ3) is 9.26. The molecule has 7 heteroatoms. The van der Waals surface area contributed by atoms with E-state index in [4.69, 9.17) is 4.74 Å². The molecule has 26 heavy (non-hydrogen) atoms. The van der Waals surface area contributed by atoms with Gasteiger partial charge in [-0.3, -0.25) is 9.79 Å². The van der Waals surface area contributed by atoms with E-state index in [2.05, 4.69) is 41.7 Å². The molecule has 1 fully saturated rings. The van der Waals surface area contributed by atoms with E-state index < -0.39 is 0 Å². The molecule has 1 aromatic rings. The fraction of sp³-hybridized carbons (Fsp3) is 0.579. The number of halogens is 1. The fourth-order valence-corrected chi connectivity index (χ4v) is 2.29. The molecule has 1 saturated carbocycles. The van der Waals surface area contributed by atoms with Crippen molar-refractivity contribution in [1.29, 1.82) is 0 Å². The third-order valence-electron chi connectivity index (χ3n) is 3.68. The molecule has 1 aromatic carbocycles. The number of guanidine groups is 1. The van der Waals surface area contributed by atoms with Gasteiger partial charge in [0.05, 0.1) is 0 Å². The van der Waals surface area contributed by atoms with Gasteiger partial charge < -0.3 is 20.7 Å². The predicted octanol–water partition coefficient (Wildman–Crippen LogP) is 2.47. The number of nitrogens with one attached hydrogen (secondary N) is 3. The van der Waals surface area contributed by atoms with E-state index in [0.717, 1.165) is 31.8 Å². The summed E-state index contributed by atoms with van der Waals surface area (Å²) in [4.78, 5) is 16.2. The molecule has 0 spiro atoms. The van der Waals surface area contributed by atoms with Gasteiger partial charge in [-0.1, -0.05) is 12.1 Å². The number of carbonyl (C=O) groups excluding carboxylic acids is 1. The van der Waals surface area contributed by atoms with E-state index in [9.17, 15) is 4.79 Å². The number of aliphatic imine (C=N–C) groups is 1. The first kappa shape index (κ1) is 22.5. The highest BCUT2D eigenvalue weighted by molar-refractivity contribution is 14.0. The van der Waals surface area contributed by atoms with Crippen LogP contribution in [0.15, 0.2) is 29.3 Å². The summed E-state index contributed by atoms with van der Waals surface area (Å²) in [6.45, 7) is 7.88. The van der Waals surface area contributed by atoms with Crippen LogP contribution in [0.4, 0.5) is 0 Å². The van der Waals surface area contributed by atoms with Gasteiger partial charge in [-0.25, -0.2) is 0 Å². The van der Waals surface area contributed by atoms with Crippen LogP contribution in [0.3, 0.4) is 0 Å². The minimum absolute atomic E-state index is 0. The fourth-order valence-electron chi connectivity index (χ4n) is 2.29. The molecule has 1 aliphatic carbocycles. The molecule has 0 radical (unpaired) electrons. The van der Waals surface area contributed by atoms with Crippen LogP contribution < -0.4 is 20.7 Å². The Kier molecular flexibility index (Phi) is 10.4. The minimum atomic E-state index is -0.0467. The zero-order chi connectivity index (χ0) is 18.1. The highest BCUT2D eigenvalue weighted by atomic mass is 127. The number of benzene rings is 1. The number of carbonyl (C=O) groups is 1. The van der Waals surface area contributed by atoms with Gasteiger partial charge in [0, 0.05) is 25.2 Å². The molecule has 0 saturated heterocycles. The second kappa shape index (κ2) is 12.0. The lowest BCUT2D eigenvalue weighted by molar-refractivity contribution is -0.123. The van der Waals surface area contributed by atoms with E-state index in [1.165, 1.54) is 5.56 Å². The van der Waals surface area contributed by atoms with E-state index >= 15 is 0 Å². The average molecular weight is 474 g/mol. The number of rotatable bonds is 9. The van der Waals surface area contributed by atoms with Crippen molar-refractivity contribution in [1.82, 2.24) is 16.0 Å². The van der Waals surface area contributed by atoms with E-state index in [0.29, 0.717) is 24.4 Å². The normalized spacial score (nSPS) is 13.8. The van der Waals surface area contributed by atoms with Crippen LogP contribution in [-0.4, -0.2) is 43.6 Å². The van der Waals surface area contributed by atoms with Crippen LogP contribution in [0, 0.1) is 0 Å². The summed E-state index contributed by atoms with van der Waals surface area (Å²) < 4.78 is 5.51. The molecule has 3 N–H and O–H groups in total. The lowest BCUT2D eigenvalue weighted by Gasteiger charge is -2.13. The Labute approximate surface area is 173 Å². The van der Waals surface area contributed by atoms with E-state index in [-0.39, 0.29) is 36.5 Å². The number of hydrogen-bond acceptors (Lipinski definition) is 3. The molecule has 0 atom stereocenters. The van der Waals surface area contributed by atoms with Crippen LogP contribution in [0.5, 0.6) is 5.75 Å². The number of hydrogen-bond donors (Lipinski definition) is 3. The molecule has 0 unspecified atom stereocenters. The monoisotopic (exact) mass is 474 g/mol. The molecule has 0 aliphatic heterocycles. The molecular formula is C19H31IN4O2. The summed E-state index contributed by atoms with van der Waals surface area (Å²) in [7, 11) is 0. The summed E-state index contributed by atoms with van der Waals surface area (Å²) in [6.07, 6.45) is 3.04. The lowest BCUT2D eigenvalue weighted by Crippen LogP contribution is -2.41. The summed E-state index contributed by atoms with van der Waals surface area (Å²) in [5.74, 6) is 1.52. The zero-order valence-corrected chi connectivity index (χ0v) is 18.2. The van der Waals surface area contributed by atoms with Gasteiger partial charge >= 0.3 is 0 Å². The highest BCUT2D eigenvalue weighted by Crippen LogP contribution is 2.18. The summed E-state index contributed by atoms with van der Waals surface area (Å²) >= 11 is 0. The van der Waals surface area contributed by atoms with Crippen molar-refractivity contribution in [3.8, 4) is 5.75 Å². The van der Waals surface area contributed by atoms with Crippen LogP contribution >= 0.6 is 24.0 Å². The first-order chi connectivity index (χ1) is 12.1. The second-order valence-corrected chi connectivity index (χ2v) is 6.58. The lowest BCUT2D eigenvalue weighted by atomic mass is 10.1. The number of amides is 1. The van der Waals surface area contributed by atoms with Gasteiger partial charge in [-0.15, -0.1) is 24.0 Å². The van der Waals surface area contributed by atoms with Gasteiger partial charge in [-0.05, 0) is 57.7 Å². The van der Waals surface area contributed by atoms with Crippen molar-refractivity contribution in [2.75, 3.05) is 19.7 Å². The topological polar surface area (TPSA) is 74.8 Å². The Morgan fingerprint density at radius 1 is 1.27 bits per heavy atom. The molecule has 1 aliphatic rings. The Morgan fingerprint density at radius 3 is 2.54 bits per heavy atom. The summed E-state index contributed by atoms with van der Waals surface area (Å²) in [6, 6.07) is 8.57. The largest absolute Gasteiger partial charge is 0.484 e. The van der Waals surface area contributed by atoms with Gasteiger partial charge in [-0.2, -0.15) is 0 Å². The van der Waals surface area contributed by atoms with Crippen molar-refractivity contribution in [3.63, 3.8) is 0 Å². The third-order valence-corrected chi connectivity index (χ3v) is 3.68. The van der Waals surface area contributed by atoms with Gasteiger partial charge in [0.1, 0.15) is 5.75 Å². The predicted molar refractivity (Wildman–Crippen MR) is 116 cm³/mol. The first-order valence-corrected chi connectivity index (χ1v) is 9.12. The maximum absolute atomic E-state index is 11.6. The zero-order valence-electron chi connectivity index (χ0n) is 15.9. The van der Waals surface area contributed by atoms with Gasteiger partial charge in [0.15, 0.2) is 12.6 Å². The Bertz CT molecular complexity index is 571. The molecule has 146 valence electrons. The van der Waals surface area contributed by atoms with Gasteiger partial charge in [0.25, 0.3) is 5.91 Å². The number of nitrogens with zero attached hydrogens (tertiary/aromatic N) is 1. The molecule has 6 nitrogen and oxygen atoms in total. The van der Waals surface area contributed by atoms with Crippen LogP contribution in [0.25, 0.3) is 0 Å². The average Bonchev–Trinajstić information content (AvgIpc) is 3.38. The minimum Gasteiger partial charge on any atom is -0.484 e. The molecule has 0 heterocycles. The van der Waals surface area contributed by atoms with Crippen LogP contribution in [-0.2, 0) is 11.2 Å². The Morgan fingerprint density at radius 2 is 1.96 bits per heavy atom. The van der Waals surface area contributed by atoms with Crippen LogP contribution in [0.2, 0.25) is 0 Å². The standard InChI is InChI=1S/C19H30N4O2.HI/c1-4-20-19(22-14(2)3)21-12-11-15-5-9-17(10-6-15)25-13-18(24)23-16-7-8-16;/h5-6,9-10,14,16H,4,7-8,11-13H2,1-3H3,(H,23,24)(H2,20,21,22);1H. The smallest absolute Gasteiger partial charge is 0.258 e. The Hall–Kier alpha value is -1.51. The second-order valence-electron chi connectivity index (χ2n) is 6.58. The van der Waals surface area contributed by atoms with Crippen molar-refractivity contribution < 1.29 is 9.53 Å². The molecule has 0 aromatic heterocycles. The van der Waals surface area contributed by atoms with Crippen molar-refractivity contribution in [2.24, 2.45) is 4.99 Å². The SMILES string of the molecule is CCNC(=NCCc1ccc(OCC(=O)NC2CC2)cc1)NC(C)C.I. The first-order valence-electron chi connectivity index (χ1n) is 9.12. The molecular weight excluding hydrogens is 443 g/mol. The number of ether oxygens (including phenoxy) is 1. The quantitative estimate of drug-likeness (QED) is 0.292. The highest BCUT2D eigenvalue weighted by Gasteiger charge is 2.23.